The van der Waals surface area contributed by atoms with Gasteiger partial charge in [0.15, 0.2) is 6.29 Å². The van der Waals surface area contributed by atoms with Gasteiger partial charge in [0, 0.05) is 12.3 Å². The highest BCUT2D eigenvalue weighted by molar-refractivity contribution is 5.04. The Labute approximate surface area is 107 Å². The van der Waals surface area contributed by atoms with Gasteiger partial charge in [0.05, 0.1) is 24.9 Å². The molecule has 1 spiro atoms. The molecule has 5 nitrogen and oxygen atoms in total. The molecular formula is C13H19NO4. The zero-order valence-electron chi connectivity index (χ0n) is 10.5. The zero-order chi connectivity index (χ0) is 12.8. The Bertz CT molecular complexity index is 368. The van der Waals surface area contributed by atoms with Gasteiger partial charge in [0.25, 0.3) is 0 Å². The molecule has 18 heavy (non-hydrogen) atoms. The average Bonchev–Trinajstić information content (AvgIpc) is 2.68. The van der Waals surface area contributed by atoms with E-state index in [1.54, 1.807) is 0 Å². The maximum atomic E-state index is 9.64. The number of hydrogen-bond acceptors (Lipinski definition) is 5. The van der Waals surface area contributed by atoms with Gasteiger partial charge in [-0.2, -0.15) is 5.26 Å². The normalized spacial score (nSPS) is 48.3. The minimum Gasteiger partial charge on any atom is -0.366 e. The topological polar surface area (TPSA) is 71.7 Å². The predicted octanol–water partition coefficient (Wildman–Crippen LogP) is 0.960. The number of nitrogens with zero attached hydrogens (tertiary/aromatic N) is 1. The van der Waals surface area contributed by atoms with Crippen molar-refractivity contribution in [3.8, 4) is 6.07 Å². The van der Waals surface area contributed by atoms with E-state index in [1.165, 1.54) is 0 Å². The van der Waals surface area contributed by atoms with Crippen molar-refractivity contribution in [1.82, 2.24) is 0 Å². The Morgan fingerprint density at radius 1 is 1.50 bits per heavy atom. The molecule has 3 saturated heterocycles. The highest BCUT2D eigenvalue weighted by Gasteiger charge is 2.58. The van der Waals surface area contributed by atoms with E-state index in [0.29, 0.717) is 13.0 Å². The van der Waals surface area contributed by atoms with E-state index in [2.05, 4.69) is 6.07 Å². The molecule has 0 saturated carbocycles. The van der Waals surface area contributed by atoms with Crippen LogP contribution in [0.2, 0.25) is 0 Å². The molecule has 3 aliphatic rings. The van der Waals surface area contributed by atoms with Crippen LogP contribution >= 0.6 is 0 Å². The monoisotopic (exact) mass is 253 g/mol. The Morgan fingerprint density at radius 2 is 2.33 bits per heavy atom. The molecule has 100 valence electrons. The van der Waals surface area contributed by atoms with E-state index in [-0.39, 0.29) is 29.8 Å². The summed E-state index contributed by atoms with van der Waals surface area (Å²) in [4.78, 5) is 0. The van der Waals surface area contributed by atoms with E-state index < -0.39 is 6.29 Å². The fraction of sp³-hybridized carbons (Fsp3) is 0.923. The lowest BCUT2D eigenvalue weighted by Crippen LogP contribution is -2.54. The molecular weight excluding hydrogens is 234 g/mol. The fourth-order valence-electron chi connectivity index (χ4n) is 3.34. The van der Waals surface area contributed by atoms with Crippen LogP contribution < -0.4 is 0 Å². The van der Waals surface area contributed by atoms with E-state index in [4.69, 9.17) is 19.5 Å². The molecule has 3 rings (SSSR count). The molecule has 1 N–H and O–H groups in total. The molecule has 3 heterocycles. The third-order valence-corrected chi connectivity index (χ3v) is 4.28. The Hall–Kier alpha value is -0.670. The number of ether oxygens (including phenoxy) is 3. The van der Waals surface area contributed by atoms with Gasteiger partial charge in [-0.05, 0) is 26.2 Å². The minimum absolute atomic E-state index is 0.0103. The summed E-state index contributed by atoms with van der Waals surface area (Å²) in [6, 6.07) is 2.25. The molecule has 0 aromatic heterocycles. The maximum Gasteiger partial charge on any atom is 0.181 e. The summed E-state index contributed by atoms with van der Waals surface area (Å²) in [6.07, 6.45) is 2.38. The number of fused-ring (bicyclic) bond motifs is 1. The van der Waals surface area contributed by atoms with E-state index in [0.717, 1.165) is 19.3 Å². The van der Waals surface area contributed by atoms with Crippen molar-refractivity contribution in [2.24, 2.45) is 5.92 Å². The lowest BCUT2D eigenvalue weighted by molar-refractivity contribution is -0.223. The predicted molar refractivity (Wildman–Crippen MR) is 61.5 cm³/mol. The summed E-state index contributed by atoms with van der Waals surface area (Å²) in [5.74, 6) is 0.0103. The van der Waals surface area contributed by atoms with E-state index >= 15 is 0 Å². The molecule has 5 unspecified atom stereocenters. The Morgan fingerprint density at radius 3 is 3.11 bits per heavy atom. The first-order chi connectivity index (χ1) is 8.63. The molecule has 0 amide bonds. The van der Waals surface area contributed by atoms with Crippen LogP contribution in [0.25, 0.3) is 0 Å². The molecule has 2 bridgehead atoms. The lowest BCUT2D eigenvalue weighted by Gasteiger charge is -2.43. The van der Waals surface area contributed by atoms with Crippen LogP contribution in [0.15, 0.2) is 0 Å². The van der Waals surface area contributed by atoms with Crippen molar-refractivity contribution < 1.29 is 19.3 Å². The summed E-state index contributed by atoms with van der Waals surface area (Å²) >= 11 is 0. The molecule has 0 radical (unpaired) electrons. The van der Waals surface area contributed by atoms with Crippen LogP contribution in [0.1, 0.15) is 32.6 Å². The average molecular weight is 253 g/mol. The van der Waals surface area contributed by atoms with Crippen molar-refractivity contribution in [2.75, 3.05) is 6.61 Å². The fourth-order valence-corrected chi connectivity index (χ4v) is 3.34. The first kappa shape index (κ1) is 12.4. The number of aliphatic hydroxyl groups excluding tert-OH is 1. The Kier molecular flexibility index (Phi) is 3.07. The van der Waals surface area contributed by atoms with Gasteiger partial charge in [-0.25, -0.2) is 0 Å². The van der Waals surface area contributed by atoms with Crippen LogP contribution in [-0.4, -0.2) is 41.9 Å². The van der Waals surface area contributed by atoms with Crippen molar-refractivity contribution >= 4 is 0 Å². The highest BCUT2D eigenvalue weighted by Crippen LogP contribution is 2.46. The second-order valence-electron chi connectivity index (χ2n) is 5.72. The van der Waals surface area contributed by atoms with Crippen molar-refractivity contribution in [2.45, 2.75) is 62.8 Å². The van der Waals surface area contributed by atoms with E-state index in [1.807, 2.05) is 6.92 Å². The van der Waals surface area contributed by atoms with Gasteiger partial charge in [-0.3, -0.25) is 0 Å². The summed E-state index contributed by atoms with van der Waals surface area (Å²) in [7, 11) is 0. The summed E-state index contributed by atoms with van der Waals surface area (Å²) in [6.45, 7) is 2.31. The third-order valence-electron chi connectivity index (χ3n) is 4.28. The highest BCUT2D eigenvalue weighted by atomic mass is 16.7. The van der Waals surface area contributed by atoms with Crippen LogP contribution in [0.5, 0.6) is 0 Å². The second kappa shape index (κ2) is 4.46. The van der Waals surface area contributed by atoms with Crippen molar-refractivity contribution in [3.05, 3.63) is 0 Å². The summed E-state index contributed by atoms with van der Waals surface area (Å²) < 4.78 is 17.3. The molecule has 6 atom stereocenters. The van der Waals surface area contributed by atoms with Gasteiger partial charge in [-0.1, -0.05) is 0 Å². The molecule has 0 aromatic rings. The molecule has 3 fully saturated rings. The maximum absolute atomic E-state index is 9.64. The SMILES string of the molecule is CC(C#N)CC1CCC2OC3CC2(CO[C@H]3O)O1. The number of hydrogen-bond donors (Lipinski definition) is 1. The van der Waals surface area contributed by atoms with E-state index in [9.17, 15) is 5.11 Å². The van der Waals surface area contributed by atoms with Gasteiger partial charge < -0.3 is 19.3 Å². The van der Waals surface area contributed by atoms with Gasteiger partial charge in [0.1, 0.15) is 11.7 Å². The Balaban J connectivity index is 1.69. The minimum atomic E-state index is -0.818. The number of aliphatic hydroxyl groups is 1. The smallest absolute Gasteiger partial charge is 0.181 e. The van der Waals surface area contributed by atoms with Crippen LogP contribution in [0.4, 0.5) is 0 Å². The molecule has 0 aromatic carbocycles. The van der Waals surface area contributed by atoms with Gasteiger partial charge in [0.2, 0.25) is 0 Å². The number of nitriles is 1. The molecule has 3 aliphatic heterocycles. The summed E-state index contributed by atoms with van der Waals surface area (Å²) in [5.41, 5.74) is -0.387. The van der Waals surface area contributed by atoms with Crippen LogP contribution in [-0.2, 0) is 14.2 Å². The quantitative estimate of drug-likeness (QED) is 0.793. The van der Waals surface area contributed by atoms with Crippen LogP contribution in [0.3, 0.4) is 0 Å². The van der Waals surface area contributed by atoms with Crippen molar-refractivity contribution in [3.63, 3.8) is 0 Å². The number of rotatable bonds is 2. The molecule has 5 heteroatoms. The summed E-state index contributed by atoms with van der Waals surface area (Å²) in [5, 5.41) is 18.5. The third kappa shape index (κ3) is 1.94. The lowest BCUT2D eigenvalue weighted by atomic mass is 9.84. The first-order valence-corrected chi connectivity index (χ1v) is 6.65. The van der Waals surface area contributed by atoms with Gasteiger partial charge >= 0.3 is 0 Å². The second-order valence-corrected chi connectivity index (χ2v) is 5.72. The van der Waals surface area contributed by atoms with Gasteiger partial charge in [-0.15, -0.1) is 0 Å². The van der Waals surface area contributed by atoms with Crippen LogP contribution in [0, 0.1) is 17.2 Å². The molecule has 0 aliphatic carbocycles. The largest absolute Gasteiger partial charge is 0.366 e. The zero-order valence-corrected chi connectivity index (χ0v) is 10.5. The standard InChI is InChI=1S/C13H19NO4/c1-8(6-14)4-9-2-3-11-13(18-9)5-10(17-11)12(15)16-7-13/h8-12,15H,2-5,7H2,1H3/t8?,9?,10?,11?,12-,13?/m1/s1. The van der Waals surface area contributed by atoms with Crippen molar-refractivity contribution in [1.29, 1.82) is 5.26 Å². The first-order valence-electron chi connectivity index (χ1n) is 6.65.